The van der Waals surface area contributed by atoms with Gasteiger partial charge in [-0.05, 0) is 12.6 Å². The van der Waals surface area contributed by atoms with E-state index in [0.29, 0.717) is 16.8 Å². The minimum absolute atomic E-state index is 0.00561. The van der Waals surface area contributed by atoms with Crippen molar-refractivity contribution in [3.8, 4) is 5.75 Å². The fourth-order valence-electron chi connectivity index (χ4n) is 2.53. The molecule has 20 heavy (non-hydrogen) atoms. The Morgan fingerprint density at radius 1 is 1.55 bits per heavy atom. The summed E-state index contributed by atoms with van der Waals surface area (Å²) in [4.78, 5) is 10.3. The quantitative estimate of drug-likeness (QED) is 0.668. The molecule has 1 aliphatic rings. The van der Waals surface area contributed by atoms with Gasteiger partial charge in [-0.3, -0.25) is 10.1 Å². The van der Waals surface area contributed by atoms with Gasteiger partial charge in [0, 0.05) is 23.9 Å². The van der Waals surface area contributed by atoms with Crippen LogP contribution in [0.5, 0.6) is 5.75 Å². The maximum Gasteiger partial charge on any atom is 0.273 e. The Balaban J connectivity index is 2.12. The van der Waals surface area contributed by atoms with Crippen LogP contribution in [0.15, 0.2) is 18.2 Å². The minimum Gasteiger partial charge on any atom is -0.488 e. The van der Waals surface area contributed by atoms with Crippen LogP contribution in [0.25, 0.3) is 0 Å². The summed E-state index contributed by atoms with van der Waals surface area (Å²) in [6.45, 7) is 7.24. The SMILES string of the molecule is CCNC1CC(Oc2cc([N+](=O)[O-])ccc2Cl)C1(C)C. The molecule has 5 nitrogen and oxygen atoms in total. The fraction of sp³-hybridized carbons (Fsp3) is 0.571. The van der Waals surface area contributed by atoms with Crippen LogP contribution < -0.4 is 10.1 Å². The van der Waals surface area contributed by atoms with Crippen LogP contribution in [0.2, 0.25) is 5.02 Å². The summed E-state index contributed by atoms with van der Waals surface area (Å²) >= 11 is 6.05. The van der Waals surface area contributed by atoms with Crippen LogP contribution in [-0.4, -0.2) is 23.6 Å². The molecule has 1 fully saturated rings. The highest BCUT2D eigenvalue weighted by Crippen LogP contribution is 2.44. The zero-order valence-electron chi connectivity index (χ0n) is 11.9. The molecule has 2 atom stereocenters. The van der Waals surface area contributed by atoms with E-state index >= 15 is 0 Å². The molecule has 2 rings (SSSR count). The number of halogens is 1. The van der Waals surface area contributed by atoms with Gasteiger partial charge in [-0.2, -0.15) is 0 Å². The summed E-state index contributed by atoms with van der Waals surface area (Å²) in [7, 11) is 0. The van der Waals surface area contributed by atoms with Crippen LogP contribution in [0.4, 0.5) is 5.69 Å². The van der Waals surface area contributed by atoms with E-state index in [0.717, 1.165) is 13.0 Å². The number of ether oxygens (including phenoxy) is 1. The molecule has 0 heterocycles. The highest BCUT2D eigenvalue weighted by Gasteiger charge is 2.49. The second kappa shape index (κ2) is 5.58. The first kappa shape index (κ1) is 15.1. The maximum absolute atomic E-state index is 10.8. The molecule has 0 aromatic heterocycles. The molecule has 1 aromatic carbocycles. The third-order valence-electron chi connectivity index (χ3n) is 4.02. The number of nitrogens with zero attached hydrogens (tertiary/aromatic N) is 1. The van der Waals surface area contributed by atoms with Crippen molar-refractivity contribution in [2.45, 2.75) is 39.3 Å². The van der Waals surface area contributed by atoms with E-state index in [4.69, 9.17) is 16.3 Å². The molecule has 0 bridgehead atoms. The molecule has 1 N–H and O–H groups in total. The largest absolute Gasteiger partial charge is 0.488 e. The summed E-state index contributed by atoms with van der Waals surface area (Å²) in [6.07, 6.45) is 0.880. The van der Waals surface area contributed by atoms with Crippen molar-refractivity contribution in [2.24, 2.45) is 5.41 Å². The van der Waals surface area contributed by atoms with Gasteiger partial charge in [0.05, 0.1) is 16.0 Å². The monoisotopic (exact) mass is 298 g/mol. The Morgan fingerprint density at radius 3 is 2.80 bits per heavy atom. The zero-order valence-corrected chi connectivity index (χ0v) is 12.6. The van der Waals surface area contributed by atoms with Gasteiger partial charge in [0.2, 0.25) is 0 Å². The van der Waals surface area contributed by atoms with Crippen molar-refractivity contribution in [2.75, 3.05) is 6.54 Å². The molecule has 0 radical (unpaired) electrons. The van der Waals surface area contributed by atoms with Gasteiger partial charge in [-0.15, -0.1) is 0 Å². The number of rotatable bonds is 5. The van der Waals surface area contributed by atoms with Gasteiger partial charge in [-0.25, -0.2) is 0 Å². The highest BCUT2D eigenvalue weighted by molar-refractivity contribution is 6.32. The third kappa shape index (κ3) is 2.74. The molecule has 110 valence electrons. The van der Waals surface area contributed by atoms with Crippen LogP contribution in [0, 0.1) is 15.5 Å². The number of nitro groups is 1. The molecule has 2 unspecified atom stereocenters. The van der Waals surface area contributed by atoms with Crippen molar-refractivity contribution in [1.29, 1.82) is 0 Å². The zero-order chi connectivity index (χ0) is 14.9. The summed E-state index contributed by atoms with van der Waals surface area (Å²) < 4.78 is 5.89. The Labute approximate surface area is 123 Å². The summed E-state index contributed by atoms with van der Waals surface area (Å²) in [6, 6.07) is 4.67. The van der Waals surface area contributed by atoms with Gasteiger partial charge in [-0.1, -0.05) is 32.4 Å². The van der Waals surface area contributed by atoms with Crippen molar-refractivity contribution < 1.29 is 9.66 Å². The summed E-state index contributed by atoms with van der Waals surface area (Å²) in [5, 5.41) is 14.6. The third-order valence-corrected chi connectivity index (χ3v) is 4.34. The van der Waals surface area contributed by atoms with Crippen molar-refractivity contribution >= 4 is 17.3 Å². The van der Waals surface area contributed by atoms with E-state index in [1.807, 2.05) is 0 Å². The van der Waals surface area contributed by atoms with Gasteiger partial charge in [0.1, 0.15) is 11.9 Å². The van der Waals surface area contributed by atoms with Crippen molar-refractivity contribution in [3.63, 3.8) is 0 Å². The number of non-ortho nitro benzene ring substituents is 1. The average Bonchev–Trinajstić information content (AvgIpc) is 2.39. The average molecular weight is 299 g/mol. The molecular formula is C14H19ClN2O3. The molecule has 0 spiro atoms. The number of hydrogen-bond donors (Lipinski definition) is 1. The molecule has 6 heteroatoms. The van der Waals surface area contributed by atoms with Gasteiger partial charge < -0.3 is 10.1 Å². The standard InChI is InChI=1S/C14H19ClN2O3/c1-4-16-12-8-13(14(12,2)3)20-11-7-9(17(18)19)5-6-10(11)15/h5-7,12-13,16H,4,8H2,1-3H3. The topological polar surface area (TPSA) is 64.4 Å². The lowest BCUT2D eigenvalue weighted by Gasteiger charge is -2.51. The van der Waals surface area contributed by atoms with Crippen LogP contribution in [0.1, 0.15) is 27.2 Å². The minimum atomic E-state index is -0.448. The van der Waals surface area contributed by atoms with Crippen molar-refractivity contribution in [1.82, 2.24) is 5.32 Å². The highest BCUT2D eigenvalue weighted by atomic mass is 35.5. The normalized spacial score (nSPS) is 24.0. The Bertz CT molecular complexity index is 519. The molecule has 1 saturated carbocycles. The number of nitrogens with one attached hydrogen (secondary N) is 1. The lowest BCUT2D eigenvalue weighted by atomic mass is 9.64. The number of hydrogen-bond acceptors (Lipinski definition) is 4. The van der Waals surface area contributed by atoms with Crippen LogP contribution >= 0.6 is 11.6 Å². The molecular weight excluding hydrogens is 280 g/mol. The molecule has 1 aromatic rings. The molecule has 0 aliphatic heterocycles. The first-order valence-corrected chi connectivity index (χ1v) is 7.08. The number of nitro benzene ring substituents is 1. The van der Waals surface area contributed by atoms with Gasteiger partial charge >= 0.3 is 0 Å². The van der Waals surface area contributed by atoms with E-state index in [-0.39, 0.29) is 17.2 Å². The van der Waals surface area contributed by atoms with Gasteiger partial charge in [0.25, 0.3) is 5.69 Å². The van der Waals surface area contributed by atoms with E-state index in [9.17, 15) is 10.1 Å². The van der Waals surface area contributed by atoms with Crippen LogP contribution in [-0.2, 0) is 0 Å². The Morgan fingerprint density at radius 2 is 2.25 bits per heavy atom. The number of benzene rings is 1. The predicted octanol–water partition coefficient (Wildman–Crippen LogP) is 3.40. The lowest BCUT2D eigenvalue weighted by molar-refractivity contribution is -0.385. The summed E-state index contributed by atoms with van der Waals surface area (Å²) in [5.74, 6) is 0.383. The van der Waals surface area contributed by atoms with Gasteiger partial charge in [0.15, 0.2) is 0 Å². The Hall–Kier alpha value is -1.33. The Kier molecular flexibility index (Phi) is 4.20. The maximum atomic E-state index is 10.8. The first-order valence-electron chi connectivity index (χ1n) is 6.70. The van der Waals surface area contributed by atoms with E-state index in [2.05, 4.69) is 26.1 Å². The molecule has 0 amide bonds. The van der Waals surface area contributed by atoms with E-state index < -0.39 is 4.92 Å². The molecule has 0 saturated heterocycles. The fourth-order valence-corrected chi connectivity index (χ4v) is 2.69. The smallest absolute Gasteiger partial charge is 0.273 e. The van der Waals surface area contributed by atoms with Crippen molar-refractivity contribution in [3.05, 3.63) is 33.3 Å². The first-order chi connectivity index (χ1) is 9.36. The van der Waals surface area contributed by atoms with E-state index in [1.54, 1.807) is 0 Å². The lowest BCUT2D eigenvalue weighted by Crippen LogP contribution is -2.62. The summed E-state index contributed by atoms with van der Waals surface area (Å²) in [5.41, 5.74) is -0.0333. The second-order valence-corrected chi connectivity index (χ2v) is 6.05. The predicted molar refractivity (Wildman–Crippen MR) is 78.4 cm³/mol. The second-order valence-electron chi connectivity index (χ2n) is 5.65. The van der Waals surface area contributed by atoms with E-state index in [1.165, 1.54) is 18.2 Å². The van der Waals surface area contributed by atoms with Crippen LogP contribution in [0.3, 0.4) is 0 Å². The molecule has 1 aliphatic carbocycles.